The van der Waals surface area contributed by atoms with Crippen LogP contribution >= 0.6 is 0 Å². The van der Waals surface area contributed by atoms with E-state index in [9.17, 15) is 14.4 Å². The molecule has 1 aliphatic rings. The second-order valence-electron chi connectivity index (χ2n) is 5.31. The number of carboxylic acids is 1. The molecule has 112 valence electrons. The van der Waals surface area contributed by atoms with Gasteiger partial charge in [-0.2, -0.15) is 0 Å². The first-order chi connectivity index (χ1) is 9.95. The second kappa shape index (κ2) is 6.39. The smallest absolute Gasteiger partial charge is 0.303 e. The molecule has 2 amide bonds. The molecule has 1 aromatic carbocycles. The van der Waals surface area contributed by atoms with E-state index in [1.807, 2.05) is 19.1 Å². The number of amides is 2. The van der Waals surface area contributed by atoms with Crippen LogP contribution in [0.2, 0.25) is 0 Å². The molecule has 0 atom stereocenters. The molecule has 0 aliphatic carbocycles. The van der Waals surface area contributed by atoms with E-state index in [1.165, 1.54) is 0 Å². The average Bonchev–Trinajstić information content (AvgIpc) is 2.40. The van der Waals surface area contributed by atoms with Gasteiger partial charge in [0.2, 0.25) is 5.91 Å². The van der Waals surface area contributed by atoms with Crippen LogP contribution in [0, 0.1) is 12.8 Å². The van der Waals surface area contributed by atoms with Gasteiger partial charge in [-0.15, -0.1) is 0 Å². The molecule has 0 aromatic heterocycles. The topological polar surface area (TPSA) is 86.7 Å². The van der Waals surface area contributed by atoms with Gasteiger partial charge in [0.05, 0.1) is 13.0 Å². The summed E-state index contributed by atoms with van der Waals surface area (Å²) in [7, 11) is 0. The van der Waals surface area contributed by atoms with Crippen molar-refractivity contribution in [1.29, 1.82) is 0 Å². The highest BCUT2D eigenvalue weighted by molar-refractivity contribution is 5.96. The molecule has 0 unspecified atom stereocenters. The molecule has 2 rings (SSSR count). The van der Waals surface area contributed by atoms with Gasteiger partial charge in [0, 0.05) is 24.6 Å². The zero-order chi connectivity index (χ0) is 15.4. The zero-order valence-electron chi connectivity index (χ0n) is 11.8. The van der Waals surface area contributed by atoms with E-state index in [0.29, 0.717) is 18.7 Å². The van der Waals surface area contributed by atoms with E-state index in [4.69, 9.17) is 5.11 Å². The average molecular weight is 290 g/mol. The number of carboxylic acid groups (broad SMARTS) is 1. The molecule has 0 spiro atoms. The Hall–Kier alpha value is -2.37. The number of benzene rings is 1. The molecule has 0 saturated carbocycles. The first-order valence-electron chi connectivity index (χ1n) is 6.80. The summed E-state index contributed by atoms with van der Waals surface area (Å²) in [5.41, 5.74) is 1.58. The van der Waals surface area contributed by atoms with Crippen LogP contribution < -0.4 is 5.32 Å². The molecular formula is C15H18N2O4. The van der Waals surface area contributed by atoms with Crippen molar-refractivity contribution in [3.63, 3.8) is 0 Å². The summed E-state index contributed by atoms with van der Waals surface area (Å²) in [5, 5.41) is 11.2. The molecule has 1 aliphatic heterocycles. The SMILES string of the molecule is Cc1ccc(C(=O)NCC(=O)N2CC(CC(=O)O)C2)cc1. The van der Waals surface area contributed by atoms with Gasteiger partial charge in [-0.1, -0.05) is 17.7 Å². The van der Waals surface area contributed by atoms with E-state index < -0.39 is 5.97 Å². The minimum absolute atomic E-state index is 0.0271. The molecule has 1 saturated heterocycles. The minimum Gasteiger partial charge on any atom is -0.481 e. The fourth-order valence-electron chi connectivity index (χ4n) is 2.22. The van der Waals surface area contributed by atoms with E-state index in [0.717, 1.165) is 5.56 Å². The molecule has 6 nitrogen and oxygen atoms in total. The summed E-state index contributed by atoms with van der Waals surface area (Å²) in [4.78, 5) is 35.7. The van der Waals surface area contributed by atoms with Crippen LogP contribution in [0.15, 0.2) is 24.3 Å². The van der Waals surface area contributed by atoms with Gasteiger partial charge in [0.25, 0.3) is 5.91 Å². The molecule has 1 fully saturated rings. The number of aryl methyl sites for hydroxylation is 1. The van der Waals surface area contributed by atoms with Crippen LogP contribution in [0.5, 0.6) is 0 Å². The van der Waals surface area contributed by atoms with Crippen molar-refractivity contribution in [1.82, 2.24) is 10.2 Å². The Balaban J connectivity index is 1.74. The normalized spacial score (nSPS) is 14.4. The molecule has 1 heterocycles. The van der Waals surface area contributed by atoms with Crippen LogP contribution in [-0.2, 0) is 9.59 Å². The lowest BCUT2D eigenvalue weighted by atomic mass is 9.96. The number of hydrogen-bond acceptors (Lipinski definition) is 3. The van der Waals surface area contributed by atoms with Crippen molar-refractivity contribution in [2.24, 2.45) is 5.92 Å². The van der Waals surface area contributed by atoms with Crippen LogP contribution in [0.25, 0.3) is 0 Å². The third kappa shape index (κ3) is 4.05. The van der Waals surface area contributed by atoms with Crippen LogP contribution in [-0.4, -0.2) is 47.4 Å². The fourth-order valence-corrected chi connectivity index (χ4v) is 2.22. The van der Waals surface area contributed by atoms with Crippen LogP contribution in [0.4, 0.5) is 0 Å². The van der Waals surface area contributed by atoms with Crippen LogP contribution in [0.1, 0.15) is 22.3 Å². The molecule has 2 N–H and O–H groups in total. The van der Waals surface area contributed by atoms with Crippen molar-refractivity contribution in [2.75, 3.05) is 19.6 Å². The van der Waals surface area contributed by atoms with E-state index in [-0.39, 0.29) is 30.7 Å². The van der Waals surface area contributed by atoms with Crippen LogP contribution in [0.3, 0.4) is 0 Å². The number of carbonyl (C=O) groups is 3. The van der Waals surface area contributed by atoms with Gasteiger partial charge >= 0.3 is 5.97 Å². The summed E-state index contributed by atoms with van der Waals surface area (Å²) in [6.45, 7) is 2.77. The van der Waals surface area contributed by atoms with Gasteiger partial charge in [0.15, 0.2) is 0 Å². The molecule has 21 heavy (non-hydrogen) atoms. The number of likely N-dealkylation sites (tertiary alicyclic amines) is 1. The summed E-state index contributed by atoms with van der Waals surface area (Å²) in [5.74, 6) is -1.29. The molecule has 0 radical (unpaired) electrons. The Morgan fingerprint density at radius 2 is 1.86 bits per heavy atom. The summed E-state index contributed by atoms with van der Waals surface area (Å²) in [6, 6.07) is 7.09. The Morgan fingerprint density at radius 1 is 1.24 bits per heavy atom. The Bertz CT molecular complexity index is 547. The van der Waals surface area contributed by atoms with Crippen molar-refractivity contribution in [2.45, 2.75) is 13.3 Å². The van der Waals surface area contributed by atoms with Crippen molar-refractivity contribution in [3.8, 4) is 0 Å². The van der Waals surface area contributed by atoms with Crippen molar-refractivity contribution >= 4 is 17.8 Å². The first kappa shape index (κ1) is 15.0. The fraction of sp³-hybridized carbons (Fsp3) is 0.400. The van der Waals surface area contributed by atoms with E-state index in [1.54, 1.807) is 17.0 Å². The Kier molecular flexibility index (Phi) is 4.57. The van der Waals surface area contributed by atoms with Gasteiger partial charge in [-0.05, 0) is 19.1 Å². The number of rotatable bonds is 5. The summed E-state index contributed by atoms with van der Waals surface area (Å²) < 4.78 is 0. The maximum absolute atomic E-state index is 11.8. The molecule has 1 aromatic rings. The highest BCUT2D eigenvalue weighted by atomic mass is 16.4. The molecule has 6 heteroatoms. The van der Waals surface area contributed by atoms with Gasteiger partial charge in [-0.25, -0.2) is 0 Å². The number of hydrogen-bond donors (Lipinski definition) is 2. The standard InChI is InChI=1S/C15H18N2O4/c1-10-2-4-12(5-3-10)15(21)16-7-13(18)17-8-11(9-17)6-14(19)20/h2-5,11H,6-9H2,1H3,(H,16,21)(H,19,20). The maximum Gasteiger partial charge on any atom is 0.303 e. The van der Waals surface area contributed by atoms with E-state index in [2.05, 4.69) is 5.32 Å². The first-order valence-corrected chi connectivity index (χ1v) is 6.80. The third-order valence-electron chi connectivity index (χ3n) is 3.49. The van der Waals surface area contributed by atoms with Crippen molar-refractivity contribution in [3.05, 3.63) is 35.4 Å². The maximum atomic E-state index is 11.8. The monoisotopic (exact) mass is 290 g/mol. The molecular weight excluding hydrogens is 272 g/mol. The lowest BCUT2D eigenvalue weighted by molar-refractivity contribution is -0.144. The summed E-state index contributed by atoms with van der Waals surface area (Å²) in [6.07, 6.45) is 0.0828. The lowest BCUT2D eigenvalue weighted by Crippen LogP contribution is -2.53. The predicted molar refractivity (Wildman–Crippen MR) is 75.8 cm³/mol. The highest BCUT2D eigenvalue weighted by Crippen LogP contribution is 2.18. The van der Waals surface area contributed by atoms with E-state index >= 15 is 0 Å². The number of nitrogens with zero attached hydrogens (tertiary/aromatic N) is 1. The van der Waals surface area contributed by atoms with Gasteiger partial charge in [-0.3, -0.25) is 14.4 Å². The number of nitrogens with one attached hydrogen (secondary N) is 1. The number of carbonyl (C=O) groups excluding carboxylic acids is 2. The Morgan fingerprint density at radius 3 is 2.43 bits per heavy atom. The number of aliphatic carboxylic acids is 1. The zero-order valence-corrected chi connectivity index (χ0v) is 11.8. The predicted octanol–water partition coefficient (Wildman–Crippen LogP) is 0.658. The van der Waals surface area contributed by atoms with Gasteiger partial charge < -0.3 is 15.3 Å². The Labute approximate surface area is 122 Å². The van der Waals surface area contributed by atoms with Crippen molar-refractivity contribution < 1.29 is 19.5 Å². The van der Waals surface area contributed by atoms with Gasteiger partial charge in [0.1, 0.15) is 0 Å². The minimum atomic E-state index is -0.847. The molecule has 0 bridgehead atoms. The largest absolute Gasteiger partial charge is 0.481 e. The quantitative estimate of drug-likeness (QED) is 0.834. The third-order valence-corrected chi connectivity index (χ3v) is 3.49. The lowest BCUT2D eigenvalue weighted by Gasteiger charge is -2.38. The highest BCUT2D eigenvalue weighted by Gasteiger charge is 2.31. The second-order valence-corrected chi connectivity index (χ2v) is 5.31. The summed E-state index contributed by atoms with van der Waals surface area (Å²) >= 11 is 0.